The highest BCUT2D eigenvalue weighted by atomic mass is 15.2. The lowest BCUT2D eigenvalue weighted by Crippen LogP contribution is -2.34. The molecule has 94 valence electrons. The Hall–Kier alpha value is -1.38. The van der Waals surface area contributed by atoms with E-state index in [-0.39, 0.29) is 0 Å². The zero-order valence-electron chi connectivity index (χ0n) is 10.7. The average molecular weight is 240 g/mol. The van der Waals surface area contributed by atoms with E-state index in [2.05, 4.69) is 47.4 Å². The molecule has 2 heteroatoms. The molecule has 1 fully saturated rings. The minimum Gasteiger partial charge on any atom is -0.329 e. The van der Waals surface area contributed by atoms with E-state index in [4.69, 9.17) is 5.73 Å². The fourth-order valence-electron chi connectivity index (χ4n) is 2.94. The van der Waals surface area contributed by atoms with Crippen LogP contribution in [0.3, 0.4) is 0 Å². The molecular formula is C16H20N2. The number of rotatable bonds is 3. The Kier molecular flexibility index (Phi) is 3.31. The molecule has 1 heterocycles. The maximum absolute atomic E-state index is 5.83. The molecule has 2 aromatic rings. The molecule has 0 spiro atoms. The van der Waals surface area contributed by atoms with Gasteiger partial charge in [0.1, 0.15) is 0 Å². The maximum Gasteiger partial charge on any atom is 0.0237 e. The van der Waals surface area contributed by atoms with Crippen LogP contribution >= 0.6 is 0 Å². The highest BCUT2D eigenvalue weighted by Crippen LogP contribution is 2.21. The Morgan fingerprint density at radius 1 is 1.11 bits per heavy atom. The van der Waals surface area contributed by atoms with Gasteiger partial charge in [-0.15, -0.1) is 0 Å². The SMILES string of the molecule is NCC1CCCN1Cc1ccc2ccccc2c1. The van der Waals surface area contributed by atoms with Crippen LogP contribution in [0.5, 0.6) is 0 Å². The van der Waals surface area contributed by atoms with E-state index < -0.39 is 0 Å². The summed E-state index contributed by atoms with van der Waals surface area (Å²) in [4.78, 5) is 2.52. The molecule has 0 saturated carbocycles. The molecule has 3 rings (SSSR count). The predicted octanol–water partition coefficient (Wildman–Crippen LogP) is 2.76. The van der Waals surface area contributed by atoms with Crippen molar-refractivity contribution in [3.05, 3.63) is 48.0 Å². The summed E-state index contributed by atoms with van der Waals surface area (Å²) in [5.74, 6) is 0. The van der Waals surface area contributed by atoms with E-state index in [1.807, 2.05) is 0 Å². The molecule has 0 radical (unpaired) electrons. The summed E-state index contributed by atoms with van der Waals surface area (Å²) in [5, 5.41) is 2.65. The smallest absolute Gasteiger partial charge is 0.0237 e. The van der Waals surface area contributed by atoms with E-state index >= 15 is 0 Å². The standard InChI is InChI=1S/C16H20N2/c17-11-16-6-3-9-18(16)12-13-7-8-14-4-1-2-5-15(14)10-13/h1-2,4-5,7-8,10,16H,3,6,9,11-12,17H2. The van der Waals surface area contributed by atoms with Gasteiger partial charge in [0.05, 0.1) is 0 Å². The largest absolute Gasteiger partial charge is 0.329 e. The van der Waals surface area contributed by atoms with E-state index in [0.29, 0.717) is 6.04 Å². The second kappa shape index (κ2) is 5.09. The predicted molar refractivity (Wildman–Crippen MR) is 76.4 cm³/mol. The fraction of sp³-hybridized carbons (Fsp3) is 0.375. The highest BCUT2D eigenvalue weighted by Gasteiger charge is 2.22. The van der Waals surface area contributed by atoms with Gasteiger partial charge in [-0.05, 0) is 41.8 Å². The topological polar surface area (TPSA) is 29.3 Å². The van der Waals surface area contributed by atoms with Crippen LogP contribution in [-0.4, -0.2) is 24.0 Å². The highest BCUT2D eigenvalue weighted by molar-refractivity contribution is 5.82. The van der Waals surface area contributed by atoms with Crippen LogP contribution in [0, 0.1) is 0 Å². The number of likely N-dealkylation sites (tertiary alicyclic amines) is 1. The lowest BCUT2D eigenvalue weighted by Gasteiger charge is -2.23. The minimum atomic E-state index is 0.580. The monoisotopic (exact) mass is 240 g/mol. The van der Waals surface area contributed by atoms with Gasteiger partial charge in [0.15, 0.2) is 0 Å². The zero-order valence-corrected chi connectivity index (χ0v) is 10.7. The molecular weight excluding hydrogens is 220 g/mol. The Morgan fingerprint density at radius 3 is 2.78 bits per heavy atom. The van der Waals surface area contributed by atoms with Gasteiger partial charge in [-0.2, -0.15) is 0 Å². The molecule has 18 heavy (non-hydrogen) atoms. The molecule has 1 aliphatic rings. The number of nitrogens with zero attached hydrogens (tertiary/aromatic N) is 1. The van der Waals surface area contributed by atoms with Gasteiger partial charge < -0.3 is 5.73 Å². The maximum atomic E-state index is 5.83. The normalized spacial score (nSPS) is 20.6. The van der Waals surface area contributed by atoms with Gasteiger partial charge in [0, 0.05) is 19.1 Å². The third kappa shape index (κ3) is 2.26. The van der Waals surface area contributed by atoms with Crippen molar-refractivity contribution in [2.75, 3.05) is 13.1 Å². The molecule has 0 aliphatic carbocycles. The van der Waals surface area contributed by atoms with Crippen molar-refractivity contribution >= 4 is 10.8 Å². The third-order valence-electron chi connectivity index (χ3n) is 3.97. The van der Waals surface area contributed by atoms with E-state index in [1.165, 1.54) is 35.7 Å². The Bertz CT molecular complexity index is 535. The molecule has 2 aromatic carbocycles. The zero-order chi connectivity index (χ0) is 12.4. The van der Waals surface area contributed by atoms with Crippen LogP contribution in [0.25, 0.3) is 10.8 Å². The first kappa shape index (κ1) is 11.7. The lowest BCUT2D eigenvalue weighted by atomic mass is 10.1. The summed E-state index contributed by atoms with van der Waals surface area (Å²) < 4.78 is 0. The van der Waals surface area contributed by atoms with Gasteiger partial charge >= 0.3 is 0 Å². The summed E-state index contributed by atoms with van der Waals surface area (Å²) in [7, 11) is 0. The number of nitrogens with two attached hydrogens (primary N) is 1. The molecule has 0 bridgehead atoms. The fourth-order valence-corrected chi connectivity index (χ4v) is 2.94. The Labute approximate surface area is 108 Å². The molecule has 0 amide bonds. The van der Waals surface area contributed by atoms with Crippen molar-refractivity contribution in [1.29, 1.82) is 0 Å². The second-order valence-electron chi connectivity index (χ2n) is 5.18. The first-order valence-corrected chi connectivity index (χ1v) is 6.78. The molecule has 1 unspecified atom stereocenters. The van der Waals surface area contributed by atoms with Crippen LogP contribution in [-0.2, 0) is 6.54 Å². The summed E-state index contributed by atoms with van der Waals surface area (Å²) >= 11 is 0. The van der Waals surface area contributed by atoms with Crippen molar-refractivity contribution in [3.63, 3.8) is 0 Å². The molecule has 1 aliphatic heterocycles. The Morgan fingerprint density at radius 2 is 1.94 bits per heavy atom. The number of hydrogen-bond acceptors (Lipinski definition) is 2. The molecule has 1 saturated heterocycles. The first-order valence-electron chi connectivity index (χ1n) is 6.78. The summed E-state index contributed by atoms with van der Waals surface area (Å²) in [5.41, 5.74) is 7.22. The van der Waals surface area contributed by atoms with Crippen molar-refractivity contribution < 1.29 is 0 Å². The summed E-state index contributed by atoms with van der Waals surface area (Å²) in [6.07, 6.45) is 2.54. The molecule has 2 nitrogen and oxygen atoms in total. The average Bonchev–Trinajstić information content (AvgIpc) is 2.86. The van der Waals surface area contributed by atoms with Crippen LogP contribution < -0.4 is 5.73 Å². The lowest BCUT2D eigenvalue weighted by molar-refractivity contribution is 0.250. The van der Waals surface area contributed by atoms with Crippen LogP contribution in [0.1, 0.15) is 18.4 Å². The van der Waals surface area contributed by atoms with Gasteiger partial charge in [0.25, 0.3) is 0 Å². The van der Waals surface area contributed by atoms with Crippen molar-refractivity contribution in [2.24, 2.45) is 5.73 Å². The Balaban J connectivity index is 1.82. The molecule has 1 atom stereocenters. The van der Waals surface area contributed by atoms with Gasteiger partial charge in [-0.1, -0.05) is 36.4 Å². The summed E-state index contributed by atoms with van der Waals surface area (Å²) in [6, 6.07) is 15.9. The number of hydrogen-bond donors (Lipinski definition) is 1. The van der Waals surface area contributed by atoms with Gasteiger partial charge in [-0.3, -0.25) is 4.90 Å². The number of fused-ring (bicyclic) bond motifs is 1. The number of benzene rings is 2. The molecule has 0 aromatic heterocycles. The van der Waals surface area contributed by atoms with Crippen molar-refractivity contribution in [3.8, 4) is 0 Å². The second-order valence-corrected chi connectivity index (χ2v) is 5.18. The van der Waals surface area contributed by atoms with E-state index in [9.17, 15) is 0 Å². The minimum absolute atomic E-state index is 0.580. The van der Waals surface area contributed by atoms with Gasteiger partial charge in [0.2, 0.25) is 0 Å². The van der Waals surface area contributed by atoms with Crippen LogP contribution in [0.2, 0.25) is 0 Å². The van der Waals surface area contributed by atoms with Crippen LogP contribution in [0.15, 0.2) is 42.5 Å². The quantitative estimate of drug-likeness (QED) is 0.894. The third-order valence-corrected chi connectivity index (χ3v) is 3.97. The van der Waals surface area contributed by atoms with Gasteiger partial charge in [-0.25, -0.2) is 0 Å². The molecule has 2 N–H and O–H groups in total. The van der Waals surface area contributed by atoms with Crippen molar-refractivity contribution in [1.82, 2.24) is 4.90 Å². The van der Waals surface area contributed by atoms with Crippen LogP contribution in [0.4, 0.5) is 0 Å². The van der Waals surface area contributed by atoms with E-state index in [1.54, 1.807) is 0 Å². The summed E-state index contributed by atoms with van der Waals surface area (Å²) in [6.45, 7) is 3.01. The first-order chi connectivity index (χ1) is 8.86. The van der Waals surface area contributed by atoms with Crippen molar-refractivity contribution in [2.45, 2.75) is 25.4 Å². The van der Waals surface area contributed by atoms with E-state index in [0.717, 1.165) is 13.1 Å².